The molecule has 30 heavy (non-hydrogen) atoms. The number of carboxylic acids is 1. The Morgan fingerprint density at radius 1 is 0.933 bits per heavy atom. The Labute approximate surface area is 179 Å². The number of rotatable bonds is 15. The lowest BCUT2D eigenvalue weighted by Crippen LogP contribution is -2.50. The monoisotopic (exact) mass is 425 g/mol. The van der Waals surface area contributed by atoms with Gasteiger partial charge < -0.3 is 40.7 Å². The summed E-state index contributed by atoms with van der Waals surface area (Å²) in [5.41, 5.74) is 0. The quantitative estimate of drug-likeness (QED) is 0.142. The highest BCUT2D eigenvalue weighted by Crippen LogP contribution is 2.02. The maximum absolute atomic E-state index is 12.7. The highest BCUT2D eigenvalue weighted by Gasteiger charge is 2.26. The maximum Gasteiger partial charge on any atom is 0.374 e. The largest absolute Gasteiger partial charge is 0.480 e. The van der Waals surface area contributed by atoms with E-state index in [1.54, 1.807) is 6.82 Å². The molecule has 0 aliphatic carbocycles. The van der Waals surface area contributed by atoms with Crippen LogP contribution < -0.4 is 15.8 Å². The number of nitrogens with zero attached hydrogens (tertiary/aromatic N) is 2. The number of carboxylic acid groups (broad SMARTS) is 1. The van der Waals surface area contributed by atoms with E-state index in [1.807, 2.05) is 0 Å². The molecule has 0 aliphatic heterocycles. The molecule has 0 aromatic heterocycles. The normalized spacial score (nSPS) is 11.3. The Kier molecular flexibility index (Phi) is 13.9. The fourth-order valence-electron chi connectivity index (χ4n) is 2.62. The number of hydrogen-bond donors (Lipinski definition) is 6. The lowest BCUT2D eigenvalue weighted by Gasteiger charge is -2.29. The van der Waals surface area contributed by atoms with Gasteiger partial charge in [-0.2, -0.15) is 0 Å². The van der Waals surface area contributed by atoms with E-state index in [-0.39, 0.29) is 37.8 Å². The molecular weight excluding hydrogens is 393 g/mol. The van der Waals surface area contributed by atoms with E-state index in [0.29, 0.717) is 13.1 Å². The third-order valence-corrected chi connectivity index (χ3v) is 4.13. The maximum atomic E-state index is 12.7. The van der Waals surface area contributed by atoms with Crippen LogP contribution in [0.1, 0.15) is 6.42 Å². The van der Waals surface area contributed by atoms with E-state index >= 15 is 0 Å². The number of hydrogen-bond acceptors (Lipinski definition) is 8. The molecule has 0 aliphatic rings. The molecule has 1 atom stereocenters. The van der Waals surface area contributed by atoms with Crippen LogP contribution in [0.2, 0.25) is 13.6 Å². The molecule has 0 heterocycles. The second kappa shape index (κ2) is 14.9. The van der Waals surface area contributed by atoms with Gasteiger partial charge in [0.25, 0.3) is 0 Å². The van der Waals surface area contributed by atoms with E-state index in [4.69, 9.17) is 0 Å². The minimum atomic E-state index is -1.28. The predicted molar refractivity (Wildman–Crippen MR) is 119 cm³/mol. The summed E-state index contributed by atoms with van der Waals surface area (Å²) >= 11 is 0. The minimum Gasteiger partial charge on any atom is -0.480 e. The van der Waals surface area contributed by atoms with Crippen molar-refractivity contribution in [1.82, 2.24) is 25.6 Å². The zero-order valence-corrected chi connectivity index (χ0v) is 18.1. The van der Waals surface area contributed by atoms with Crippen LogP contribution in [-0.2, 0) is 9.59 Å². The molecule has 0 aromatic carbocycles. The Hall–Kier alpha value is -2.02. The second-order valence-corrected chi connectivity index (χ2v) is 6.94. The minimum absolute atomic E-state index is 0.133. The van der Waals surface area contributed by atoms with Gasteiger partial charge in [0.05, 0.1) is 6.42 Å². The van der Waals surface area contributed by atoms with Gasteiger partial charge in [-0.1, -0.05) is 0 Å². The number of nitrogens with one attached hydrogen (secondary N) is 3. The fraction of sp³-hybridized carbons (Fsp3) is 0.714. The molecule has 0 spiro atoms. The summed E-state index contributed by atoms with van der Waals surface area (Å²) in [4.78, 5) is 49.8. The van der Waals surface area contributed by atoms with Crippen molar-refractivity contribution in [1.29, 1.82) is 0 Å². The van der Waals surface area contributed by atoms with Crippen molar-refractivity contribution in [2.75, 3.05) is 39.3 Å². The first-order valence-electron chi connectivity index (χ1n) is 9.80. The van der Waals surface area contributed by atoms with Gasteiger partial charge in [0.2, 0.25) is 21.6 Å². The van der Waals surface area contributed by atoms with Crippen LogP contribution in [0.5, 0.6) is 0 Å². The molecule has 0 radical (unpaired) electrons. The lowest BCUT2D eigenvalue weighted by molar-refractivity contribution is -0.143. The van der Waals surface area contributed by atoms with Gasteiger partial charge in [0.15, 0.2) is 11.6 Å². The van der Waals surface area contributed by atoms with Crippen molar-refractivity contribution in [3.63, 3.8) is 0 Å². The molecule has 0 bridgehead atoms. The van der Waals surface area contributed by atoms with Crippen molar-refractivity contribution in [3.05, 3.63) is 0 Å². The van der Waals surface area contributed by atoms with Crippen LogP contribution in [0.3, 0.4) is 0 Å². The summed E-state index contributed by atoms with van der Waals surface area (Å²) in [5.74, 6) is -2.25. The molecule has 3 amide bonds. The first-order valence-corrected chi connectivity index (χ1v) is 9.80. The second-order valence-electron chi connectivity index (χ2n) is 6.94. The van der Waals surface area contributed by atoms with Crippen molar-refractivity contribution in [2.24, 2.45) is 0 Å². The molecule has 16 heteroatoms. The molecule has 0 saturated heterocycles. The van der Waals surface area contributed by atoms with Crippen LogP contribution >= 0.6 is 0 Å². The summed E-state index contributed by atoms with van der Waals surface area (Å²) in [5, 5.41) is 35.6. The SMILES string of the molecule is BC(=O)NCCN(CCN(CCNB(C)O)C(B)=O)C(=O)C[C@H](NB(C)O)C(=O)O. The molecule has 0 unspecified atom stereocenters. The van der Waals surface area contributed by atoms with Crippen LogP contribution in [0.15, 0.2) is 0 Å². The Bertz CT molecular complexity index is 585. The summed E-state index contributed by atoms with van der Waals surface area (Å²) in [6, 6.07) is -1.28. The number of amides is 3. The molecular formula is C14H31B4N5O7. The van der Waals surface area contributed by atoms with Crippen LogP contribution in [0.4, 0.5) is 9.59 Å². The third kappa shape index (κ3) is 13.2. The molecule has 0 fully saturated rings. The van der Waals surface area contributed by atoms with Crippen molar-refractivity contribution >= 4 is 53.3 Å². The number of carbonyl (C=O) groups is 4. The van der Waals surface area contributed by atoms with Crippen LogP contribution in [0, 0.1) is 0 Å². The Morgan fingerprint density at radius 3 is 1.97 bits per heavy atom. The summed E-state index contributed by atoms with van der Waals surface area (Å²) < 4.78 is 0. The lowest BCUT2D eigenvalue weighted by atomic mass is 9.86. The number of aliphatic carboxylic acids is 1. The zero-order valence-electron chi connectivity index (χ0n) is 18.1. The van der Waals surface area contributed by atoms with Gasteiger partial charge in [-0.3, -0.25) is 19.2 Å². The number of carbonyl (C=O) groups excluding carboxylic acids is 3. The zero-order chi connectivity index (χ0) is 23.3. The topological polar surface area (TPSA) is 172 Å². The highest BCUT2D eigenvalue weighted by atomic mass is 16.4. The van der Waals surface area contributed by atoms with E-state index < -0.39 is 38.4 Å². The average molecular weight is 425 g/mol. The van der Waals surface area contributed by atoms with E-state index in [9.17, 15) is 34.3 Å². The van der Waals surface area contributed by atoms with Gasteiger partial charge in [-0.25, -0.2) is 0 Å². The summed E-state index contributed by atoms with van der Waals surface area (Å²) in [7, 11) is 0.898. The van der Waals surface area contributed by atoms with Gasteiger partial charge in [0.1, 0.15) is 6.04 Å². The smallest absolute Gasteiger partial charge is 0.374 e. The van der Waals surface area contributed by atoms with E-state index in [2.05, 4.69) is 15.8 Å². The van der Waals surface area contributed by atoms with E-state index in [0.717, 1.165) is 0 Å². The standard InChI is InChI=1S/C14H31B4N5O7/c1-17(29)20-4-6-23(14(16)28)8-7-22(5-3-19-13(15)27)11(24)9-10(12(25)26)21-18(2)30/h10,20-21,29-30H,3-9,15-16H2,1-2H3,(H,19,27)(H,25,26)/t10-/m0/s1. The van der Waals surface area contributed by atoms with Gasteiger partial charge in [-0.05, 0) is 13.6 Å². The van der Waals surface area contributed by atoms with Crippen molar-refractivity contribution < 1.29 is 34.3 Å². The third-order valence-electron chi connectivity index (χ3n) is 4.13. The molecule has 0 rings (SSSR count). The van der Waals surface area contributed by atoms with Gasteiger partial charge in [-0.15, -0.1) is 0 Å². The van der Waals surface area contributed by atoms with E-state index in [1.165, 1.54) is 32.3 Å². The van der Waals surface area contributed by atoms with Crippen molar-refractivity contribution in [3.8, 4) is 0 Å². The predicted octanol–water partition coefficient (Wildman–Crippen LogP) is -4.54. The van der Waals surface area contributed by atoms with Gasteiger partial charge in [0, 0.05) is 39.3 Å². The van der Waals surface area contributed by atoms with Gasteiger partial charge >= 0.3 is 20.1 Å². The summed E-state index contributed by atoms with van der Waals surface area (Å²) in [6.07, 6.45) is -0.399. The highest BCUT2D eigenvalue weighted by molar-refractivity contribution is 6.57. The molecule has 166 valence electrons. The van der Waals surface area contributed by atoms with Crippen molar-refractivity contribution in [2.45, 2.75) is 26.1 Å². The first-order chi connectivity index (χ1) is 13.9. The fourth-order valence-corrected chi connectivity index (χ4v) is 2.62. The Morgan fingerprint density at radius 2 is 1.50 bits per heavy atom. The van der Waals surface area contributed by atoms with Crippen LogP contribution in [0.25, 0.3) is 0 Å². The molecule has 0 saturated carbocycles. The molecule has 0 aromatic rings. The van der Waals surface area contributed by atoms with Crippen LogP contribution in [-0.4, -0.2) is 124 Å². The average Bonchev–Trinajstić information content (AvgIpc) is 2.60. The first kappa shape index (κ1) is 28.0. The molecule has 12 nitrogen and oxygen atoms in total. The Balaban J connectivity index is 5.06. The molecule has 6 N–H and O–H groups in total. The summed E-state index contributed by atoms with van der Waals surface area (Å²) in [6.45, 7) is 4.22.